The first-order valence-corrected chi connectivity index (χ1v) is 4.89. The minimum atomic E-state index is 0.224. The van der Waals surface area contributed by atoms with Gasteiger partial charge in [-0.15, -0.1) is 0 Å². The summed E-state index contributed by atoms with van der Waals surface area (Å²) in [6.07, 6.45) is 0.224. The molecule has 0 saturated heterocycles. The highest BCUT2D eigenvalue weighted by Gasteiger charge is 2.09. The molecule has 0 aliphatic heterocycles. The molecule has 1 aromatic heterocycles. The normalized spacial score (nSPS) is 13.5. The smallest absolute Gasteiger partial charge is 0.162 e. The van der Waals surface area contributed by atoms with Gasteiger partial charge in [-0.3, -0.25) is 0 Å². The third kappa shape index (κ3) is 3.12. The quantitative estimate of drug-likeness (QED) is 0.782. The van der Waals surface area contributed by atoms with Crippen LogP contribution in [0.3, 0.4) is 0 Å². The lowest BCUT2D eigenvalue weighted by Crippen LogP contribution is -2.14. The minimum Gasteiger partial charge on any atom is -0.370 e. The molecule has 1 heterocycles. The largest absolute Gasteiger partial charge is 0.370 e. The predicted octanol–water partition coefficient (Wildman–Crippen LogP) is 1.69. The number of nitrogens with two attached hydrogens (primary N) is 1. The van der Waals surface area contributed by atoms with E-state index in [0.717, 1.165) is 11.5 Å². The molecule has 0 bridgehead atoms. The summed E-state index contributed by atoms with van der Waals surface area (Å²) in [6, 6.07) is 1.83. The van der Waals surface area contributed by atoms with Crippen molar-refractivity contribution in [3.8, 4) is 0 Å². The van der Waals surface area contributed by atoms with Gasteiger partial charge >= 0.3 is 0 Å². The van der Waals surface area contributed by atoms with Gasteiger partial charge in [-0.1, -0.05) is 19.0 Å². The summed E-state index contributed by atoms with van der Waals surface area (Å²) in [5.41, 5.74) is 6.17. The highest BCUT2D eigenvalue weighted by molar-refractivity contribution is 5.03. The van der Waals surface area contributed by atoms with Gasteiger partial charge in [0.25, 0.3) is 0 Å². The van der Waals surface area contributed by atoms with Crippen molar-refractivity contribution in [3.63, 3.8) is 0 Å². The van der Waals surface area contributed by atoms with Crippen molar-refractivity contribution < 1.29 is 9.26 Å². The molecule has 0 aliphatic carbocycles. The van der Waals surface area contributed by atoms with Gasteiger partial charge in [0.1, 0.15) is 6.61 Å². The molecule has 1 unspecified atom stereocenters. The van der Waals surface area contributed by atoms with Gasteiger partial charge in [0.05, 0.1) is 11.8 Å². The van der Waals surface area contributed by atoms with E-state index < -0.39 is 0 Å². The van der Waals surface area contributed by atoms with Gasteiger partial charge in [0.2, 0.25) is 0 Å². The van der Waals surface area contributed by atoms with Crippen molar-refractivity contribution in [1.29, 1.82) is 0 Å². The summed E-state index contributed by atoms with van der Waals surface area (Å²) in [6.45, 7) is 7.16. The van der Waals surface area contributed by atoms with Crippen molar-refractivity contribution >= 4 is 0 Å². The molecule has 0 aromatic carbocycles. The summed E-state index contributed by atoms with van der Waals surface area (Å²) in [5.74, 6) is 1.24. The van der Waals surface area contributed by atoms with Crippen LogP contribution in [-0.2, 0) is 17.9 Å². The molecule has 0 fully saturated rings. The topological polar surface area (TPSA) is 61.3 Å². The summed E-state index contributed by atoms with van der Waals surface area (Å²) < 4.78 is 10.6. The molecule has 80 valence electrons. The fraction of sp³-hybridized carbons (Fsp3) is 0.700. The van der Waals surface area contributed by atoms with Crippen LogP contribution in [0.4, 0.5) is 0 Å². The number of rotatable bonds is 5. The molecule has 1 aromatic rings. The fourth-order valence-corrected chi connectivity index (χ4v) is 0.926. The first-order valence-electron chi connectivity index (χ1n) is 4.89. The Kier molecular flexibility index (Phi) is 4.10. The van der Waals surface area contributed by atoms with Crippen LogP contribution in [0.2, 0.25) is 0 Å². The van der Waals surface area contributed by atoms with Crippen molar-refractivity contribution in [2.45, 2.75) is 40.0 Å². The van der Waals surface area contributed by atoms with Crippen LogP contribution in [0, 0.1) is 5.92 Å². The molecule has 4 nitrogen and oxygen atoms in total. The number of ether oxygens (including phenoxy) is 1. The first-order chi connectivity index (χ1) is 6.63. The van der Waals surface area contributed by atoms with Crippen molar-refractivity contribution in [3.05, 3.63) is 17.5 Å². The predicted molar refractivity (Wildman–Crippen MR) is 53.5 cm³/mol. The lowest BCUT2D eigenvalue weighted by Gasteiger charge is -2.14. The second-order valence-corrected chi connectivity index (χ2v) is 3.75. The van der Waals surface area contributed by atoms with E-state index in [1.54, 1.807) is 0 Å². The summed E-state index contributed by atoms with van der Waals surface area (Å²) in [7, 11) is 0. The fourth-order valence-electron chi connectivity index (χ4n) is 0.926. The molecule has 1 rings (SSSR count). The maximum absolute atomic E-state index is 5.57. The Morgan fingerprint density at radius 2 is 2.21 bits per heavy atom. The van der Waals surface area contributed by atoms with Crippen LogP contribution >= 0.6 is 0 Å². The molecule has 14 heavy (non-hydrogen) atoms. The summed E-state index contributed by atoms with van der Waals surface area (Å²) in [4.78, 5) is 0. The van der Waals surface area contributed by atoms with Gasteiger partial charge < -0.3 is 15.0 Å². The maximum Gasteiger partial charge on any atom is 0.162 e. The highest BCUT2D eigenvalue weighted by Crippen LogP contribution is 2.10. The van der Waals surface area contributed by atoms with Crippen LogP contribution in [0.1, 0.15) is 32.2 Å². The Hall–Kier alpha value is -0.870. The van der Waals surface area contributed by atoms with Gasteiger partial charge in [-0.2, -0.15) is 0 Å². The molecule has 0 saturated carbocycles. The number of nitrogens with zero attached hydrogens (tertiary/aromatic N) is 1. The Labute approximate surface area is 84.4 Å². The molecular formula is C10H18N2O2. The zero-order valence-electron chi connectivity index (χ0n) is 8.99. The van der Waals surface area contributed by atoms with Crippen LogP contribution in [0.5, 0.6) is 0 Å². The van der Waals surface area contributed by atoms with E-state index in [0.29, 0.717) is 19.1 Å². The minimum absolute atomic E-state index is 0.224. The summed E-state index contributed by atoms with van der Waals surface area (Å²) in [5, 5.41) is 3.78. The molecular weight excluding hydrogens is 180 g/mol. The second kappa shape index (κ2) is 5.12. The maximum atomic E-state index is 5.57. The van der Waals surface area contributed by atoms with E-state index in [1.807, 2.05) is 13.0 Å². The van der Waals surface area contributed by atoms with E-state index in [2.05, 4.69) is 19.0 Å². The third-order valence-electron chi connectivity index (χ3n) is 2.24. The Morgan fingerprint density at radius 3 is 2.71 bits per heavy atom. The van der Waals surface area contributed by atoms with Gasteiger partial charge in [0.15, 0.2) is 5.76 Å². The Bertz CT molecular complexity index is 271. The molecule has 1 atom stereocenters. The van der Waals surface area contributed by atoms with E-state index in [4.69, 9.17) is 15.0 Å². The van der Waals surface area contributed by atoms with Crippen molar-refractivity contribution in [2.24, 2.45) is 11.7 Å². The lowest BCUT2D eigenvalue weighted by molar-refractivity contribution is 0.0127. The third-order valence-corrected chi connectivity index (χ3v) is 2.24. The van der Waals surface area contributed by atoms with Crippen molar-refractivity contribution in [1.82, 2.24) is 5.16 Å². The second-order valence-electron chi connectivity index (χ2n) is 3.75. The molecule has 4 heteroatoms. The van der Waals surface area contributed by atoms with Crippen LogP contribution < -0.4 is 5.73 Å². The van der Waals surface area contributed by atoms with E-state index >= 15 is 0 Å². The van der Waals surface area contributed by atoms with Crippen molar-refractivity contribution in [2.75, 3.05) is 0 Å². The molecule has 0 spiro atoms. The summed E-state index contributed by atoms with van der Waals surface area (Å²) >= 11 is 0. The van der Waals surface area contributed by atoms with Gasteiger partial charge in [0, 0.05) is 12.6 Å². The lowest BCUT2D eigenvalue weighted by atomic mass is 10.1. The zero-order chi connectivity index (χ0) is 10.6. The zero-order valence-corrected chi connectivity index (χ0v) is 8.99. The van der Waals surface area contributed by atoms with E-state index in [9.17, 15) is 0 Å². The van der Waals surface area contributed by atoms with Gasteiger partial charge in [-0.25, -0.2) is 0 Å². The van der Waals surface area contributed by atoms with Crippen LogP contribution in [-0.4, -0.2) is 11.3 Å². The molecule has 0 amide bonds. The number of aromatic nitrogens is 1. The number of hydrogen-bond donors (Lipinski definition) is 1. The first kappa shape index (κ1) is 11.2. The van der Waals surface area contributed by atoms with E-state index in [1.165, 1.54) is 0 Å². The number of hydrogen-bond acceptors (Lipinski definition) is 4. The Morgan fingerprint density at radius 1 is 1.50 bits per heavy atom. The molecule has 0 aliphatic rings. The van der Waals surface area contributed by atoms with Crippen LogP contribution in [0.25, 0.3) is 0 Å². The standard InChI is InChI=1S/C10H18N2O2/c1-7(2)8(3)13-6-10-4-9(5-11)12-14-10/h4,7-8H,5-6,11H2,1-3H3. The van der Waals surface area contributed by atoms with Gasteiger partial charge in [-0.05, 0) is 12.8 Å². The van der Waals surface area contributed by atoms with Crippen LogP contribution in [0.15, 0.2) is 10.6 Å². The Balaban J connectivity index is 2.37. The molecule has 2 N–H and O–H groups in total. The molecule has 0 radical (unpaired) electrons. The SMILES string of the molecule is CC(C)C(C)OCc1cc(CN)no1. The van der Waals surface area contributed by atoms with E-state index in [-0.39, 0.29) is 6.10 Å². The monoisotopic (exact) mass is 198 g/mol. The highest BCUT2D eigenvalue weighted by atomic mass is 16.5. The average Bonchev–Trinajstić information content (AvgIpc) is 2.61. The average molecular weight is 198 g/mol.